The predicted molar refractivity (Wildman–Crippen MR) is 82.0 cm³/mol. The maximum atomic E-state index is 3.54. The third-order valence-corrected chi connectivity index (χ3v) is 3.76. The molecule has 0 saturated heterocycles. The Morgan fingerprint density at radius 1 is 1.00 bits per heavy atom. The maximum absolute atomic E-state index is 3.54. The maximum Gasteiger partial charge on any atom is 0.0467 e. The van der Waals surface area contributed by atoms with Crippen LogP contribution in [0.5, 0.6) is 0 Å². The van der Waals surface area contributed by atoms with Crippen molar-refractivity contribution in [1.82, 2.24) is 4.98 Å². The molecule has 1 N–H and O–H groups in total. The Hall–Kier alpha value is -1.28. The Bertz CT molecular complexity index is 710. The lowest BCUT2D eigenvalue weighted by atomic mass is 10.0. The summed E-state index contributed by atoms with van der Waals surface area (Å²) in [5.74, 6) is 0.695. The van der Waals surface area contributed by atoms with E-state index < -0.39 is 0 Å². The molecule has 0 bridgehead atoms. The second-order valence-corrected chi connectivity index (χ2v) is 6.21. The summed E-state index contributed by atoms with van der Waals surface area (Å²) >= 11 is 3.54. The SMILES string of the molecule is CC(C)Cc1ccc2c(c1)[nH]c1ccc(Br)cc12. The Morgan fingerprint density at radius 3 is 2.61 bits per heavy atom. The monoisotopic (exact) mass is 301 g/mol. The zero-order valence-electron chi connectivity index (χ0n) is 10.6. The van der Waals surface area contributed by atoms with Crippen molar-refractivity contribution in [3.8, 4) is 0 Å². The minimum atomic E-state index is 0.695. The molecule has 0 atom stereocenters. The molecule has 0 aliphatic heterocycles. The normalized spacial score (nSPS) is 11.8. The van der Waals surface area contributed by atoms with Crippen molar-refractivity contribution in [2.75, 3.05) is 0 Å². The van der Waals surface area contributed by atoms with Crippen LogP contribution in [0.4, 0.5) is 0 Å². The predicted octanol–water partition coefficient (Wildman–Crippen LogP) is 5.28. The lowest BCUT2D eigenvalue weighted by molar-refractivity contribution is 0.648. The zero-order valence-corrected chi connectivity index (χ0v) is 12.2. The van der Waals surface area contributed by atoms with Crippen molar-refractivity contribution >= 4 is 37.7 Å². The summed E-state index contributed by atoms with van der Waals surface area (Å²) in [5.41, 5.74) is 3.85. The minimum absolute atomic E-state index is 0.695. The van der Waals surface area contributed by atoms with Gasteiger partial charge in [0.2, 0.25) is 0 Å². The summed E-state index contributed by atoms with van der Waals surface area (Å²) in [7, 11) is 0. The van der Waals surface area contributed by atoms with Crippen LogP contribution in [0.1, 0.15) is 19.4 Å². The van der Waals surface area contributed by atoms with Crippen molar-refractivity contribution in [2.45, 2.75) is 20.3 Å². The van der Waals surface area contributed by atoms with Gasteiger partial charge in [-0.2, -0.15) is 0 Å². The molecule has 3 rings (SSSR count). The lowest BCUT2D eigenvalue weighted by Crippen LogP contribution is -1.93. The average molecular weight is 302 g/mol. The van der Waals surface area contributed by atoms with Crippen LogP contribution < -0.4 is 0 Å². The molecule has 1 aromatic heterocycles. The van der Waals surface area contributed by atoms with E-state index in [-0.39, 0.29) is 0 Å². The molecule has 0 aliphatic carbocycles. The van der Waals surface area contributed by atoms with Crippen LogP contribution in [0.15, 0.2) is 40.9 Å². The van der Waals surface area contributed by atoms with Gasteiger partial charge in [-0.1, -0.05) is 41.9 Å². The lowest BCUT2D eigenvalue weighted by Gasteiger charge is -2.04. The Morgan fingerprint density at radius 2 is 1.83 bits per heavy atom. The van der Waals surface area contributed by atoms with E-state index in [1.807, 2.05) is 0 Å². The minimum Gasteiger partial charge on any atom is -0.355 e. The van der Waals surface area contributed by atoms with E-state index >= 15 is 0 Å². The molecule has 3 aromatic rings. The molecule has 0 unspecified atom stereocenters. The summed E-state index contributed by atoms with van der Waals surface area (Å²) in [6.07, 6.45) is 1.13. The second-order valence-electron chi connectivity index (χ2n) is 5.29. The number of rotatable bonds is 2. The first-order valence-electron chi connectivity index (χ1n) is 6.33. The van der Waals surface area contributed by atoms with Crippen LogP contribution in [-0.2, 0) is 6.42 Å². The van der Waals surface area contributed by atoms with Gasteiger partial charge in [-0.15, -0.1) is 0 Å². The summed E-state index contributed by atoms with van der Waals surface area (Å²) in [4.78, 5) is 3.50. The number of hydrogen-bond acceptors (Lipinski definition) is 0. The van der Waals surface area contributed by atoms with Crippen LogP contribution in [0.25, 0.3) is 21.8 Å². The highest BCUT2D eigenvalue weighted by atomic mass is 79.9. The fourth-order valence-corrected chi connectivity index (χ4v) is 2.88. The smallest absolute Gasteiger partial charge is 0.0467 e. The van der Waals surface area contributed by atoms with Crippen LogP contribution in [-0.4, -0.2) is 4.98 Å². The standard InChI is InChI=1S/C16H16BrN/c1-10(2)7-11-3-5-13-14-9-12(17)4-6-15(14)18-16(13)8-11/h3-6,8-10,18H,7H2,1-2H3. The molecular weight excluding hydrogens is 286 g/mol. The van der Waals surface area contributed by atoms with Gasteiger partial charge in [-0.25, -0.2) is 0 Å². The molecule has 0 saturated carbocycles. The van der Waals surface area contributed by atoms with Gasteiger partial charge in [-0.3, -0.25) is 0 Å². The highest BCUT2D eigenvalue weighted by Crippen LogP contribution is 2.29. The van der Waals surface area contributed by atoms with Gasteiger partial charge >= 0.3 is 0 Å². The third kappa shape index (κ3) is 2.05. The summed E-state index contributed by atoms with van der Waals surface area (Å²) < 4.78 is 1.13. The molecule has 1 nitrogen and oxygen atoms in total. The van der Waals surface area contributed by atoms with Gasteiger partial charge in [0.25, 0.3) is 0 Å². The molecule has 2 aromatic carbocycles. The van der Waals surface area contributed by atoms with Crippen molar-refractivity contribution in [2.24, 2.45) is 5.92 Å². The topological polar surface area (TPSA) is 15.8 Å². The van der Waals surface area contributed by atoms with Gasteiger partial charge in [0.15, 0.2) is 0 Å². The first-order valence-corrected chi connectivity index (χ1v) is 7.12. The third-order valence-electron chi connectivity index (χ3n) is 3.27. The number of aromatic amines is 1. The Labute approximate surface area is 115 Å². The van der Waals surface area contributed by atoms with Crippen molar-refractivity contribution in [1.29, 1.82) is 0 Å². The molecule has 0 radical (unpaired) electrons. The van der Waals surface area contributed by atoms with Gasteiger partial charge in [0, 0.05) is 26.3 Å². The second kappa shape index (κ2) is 4.43. The quantitative estimate of drug-likeness (QED) is 0.662. The van der Waals surface area contributed by atoms with Gasteiger partial charge in [-0.05, 0) is 42.2 Å². The summed E-state index contributed by atoms with van der Waals surface area (Å²) in [5, 5.41) is 2.59. The zero-order chi connectivity index (χ0) is 12.7. The number of nitrogens with one attached hydrogen (secondary N) is 1. The van der Waals surface area contributed by atoms with E-state index in [1.54, 1.807) is 0 Å². The molecular formula is C16H16BrN. The molecule has 18 heavy (non-hydrogen) atoms. The molecule has 0 fully saturated rings. The molecule has 0 aliphatic rings. The fraction of sp³-hybridized carbons (Fsp3) is 0.250. The molecule has 2 heteroatoms. The van der Waals surface area contributed by atoms with Crippen LogP contribution in [0.3, 0.4) is 0 Å². The Kier molecular flexibility index (Phi) is 2.90. The van der Waals surface area contributed by atoms with E-state index in [2.05, 4.69) is 71.2 Å². The van der Waals surface area contributed by atoms with Crippen LogP contribution >= 0.6 is 15.9 Å². The highest BCUT2D eigenvalue weighted by Gasteiger charge is 2.06. The molecule has 0 amide bonds. The average Bonchev–Trinajstić information content (AvgIpc) is 2.65. The summed E-state index contributed by atoms with van der Waals surface area (Å²) in [6.45, 7) is 4.51. The number of benzene rings is 2. The van der Waals surface area contributed by atoms with E-state index in [0.29, 0.717) is 5.92 Å². The number of fused-ring (bicyclic) bond motifs is 3. The van der Waals surface area contributed by atoms with Crippen molar-refractivity contribution in [3.05, 3.63) is 46.4 Å². The van der Waals surface area contributed by atoms with Gasteiger partial charge in [0.1, 0.15) is 0 Å². The molecule has 1 heterocycles. The van der Waals surface area contributed by atoms with E-state index in [1.165, 1.54) is 27.4 Å². The van der Waals surface area contributed by atoms with Crippen molar-refractivity contribution in [3.63, 3.8) is 0 Å². The number of hydrogen-bond donors (Lipinski definition) is 1. The fourth-order valence-electron chi connectivity index (χ4n) is 2.52. The number of halogens is 1. The van der Waals surface area contributed by atoms with Crippen LogP contribution in [0, 0.1) is 5.92 Å². The molecule has 0 spiro atoms. The summed E-state index contributed by atoms with van der Waals surface area (Å²) in [6, 6.07) is 13.1. The van der Waals surface area contributed by atoms with E-state index in [4.69, 9.17) is 0 Å². The first kappa shape index (κ1) is 11.8. The number of aromatic nitrogens is 1. The van der Waals surface area contributed by atoms with Crippen molar-refractivity contribution < 1.29 is 0 Å². The van der Waals surface area contributed by atoms with E-state index in [9.17, 15) is 0 Å². The van der Waals surface area contributed by atoms with Gasteiger partial charge in [0.05, 0.1) is 0 Å². The van der Waals surface area contributed by atoms with E-state index in [0.717, 1.165) is 10.9 Å². The van der Waals surface area contributed by atoms with Gasteiger partial charge < -0.3 is 4.98 Å². The number of H-pyrrole nitrogens is 1. The molecule has 92 valence electrons. The largest absolute Gasteiger partial charge is 0.355 e. The Balaban J connectivity index is 2.20. The highest BCUT2D eigenvalue weighted by molar-refractivity contribution is 9.10. The van der Waals surface area contributed by atoms with Crippen LogP contribution in [0.2, 0.25) is 0 Å². The first-order chi connectivity index (χ1) is 8.63.